The van der Waals surface area contributed by atoms with E-state index in [0.717, 1.165) is 0 Å². The van der Waals surface area contributed by atoms with Crippen LogP contribution >= 0.6 is 7.82 Å². The van der Waals surface area contributed by atoms with Crippen molar-refractivity contribution in [2.45, 2.75) is 4.90 Å². The molecule has 1 aliphatic rings. The van der Waals surface area contributed by atoms with Crippen molar-refractivity contribution in [1.29, 1.82) is 0 Å². The summed E-state index contributed by atoms with van der Waals surface area (Å²) >= 11 is 0. The molecule has 0 aromatic heterocycles. The molecular formula is C7H11CaNNaO7PS. The van der Waals surface area contributed by atoms with Gasteiger partial charge in [-0.3, -0.25) is 4.79 Å². The summed E-state index contributed by atoms with van der Waals surface area (Å²) in [5, 5.41) is 0. The van der Waals surface area contributed by atoms with E-state index in [-0.39, 0.29) is 82.0 Å². The number of fused-ring (bicyclic) bond motifs is 1. The maximum atomic E-state index is 11.1. The molecule has 0 radical (unpaired) electrons. The number of nitrogens with one attached hydrogen (secondary N) is 1. The van der Waals surface area contributed by atoms with E-state index in [9.17, 15) is 13.2 Å². The molecule has 1 aromatic rings. The summed E-state index contributed by atoms with van der Waals surface area (Å²) < 4.78 is 33.0. The van der Waals surface area contributed by atoms with E-state index in [1.54, 1.807) is 12.1 Å². The standard InChI is InChI=1S/C7H5NO3S.Ca.Na.H3O4P.3H/c9-7-5-3-1-2-4-6(5)12(10,11)8-7;;;1-5(2,3)4;;;/h1-4H,(H,8,9);;;(H3,1,2,3,4);;;/q;+2;+1;;3*-1. The first-order chi connectivity index (χ1) is 7.61. The van der Waals surface area contributed by atoms with Crippen molar-refractivity contribution in [3.8, 4) is 0 Å². The molecule has 1 aliphatic heterocycles. The maximum Gasteiger partial charge on any atom is 2.00 e. The van der Waals surface area contributed by atoms with E-state index in [1.807, 2.05) is 4.72 Å². The first kappa shape index (κ1) is 22.3. The third-order valence-corrected chi connectivity index (χ3v) is 3.04. The molecule has 1 heterocycles. The van der Waals surface area contributed by atoms with Gasteiger partial charge < -0.3 is 19.0 Å². The van der Waals surface area contributed by atoms with E-state index in [2.05, 4.69) is 0 Å². The molecule has 100 valence electrons. The molecule has 0 fully saturated rings. The SMILES string of the molecule is O=C1NS(=O)(=O)c2ccccc21.O=P(O)(O)O.[Ca+2].[H-].[H-].[H-].[Na+]. The summed E-state index contributed by atoms with van der Waals surface area (Å²) in [5.74, 6) is -0.550. The summed E-state index contributed by atoms with van der Waals surface area (Å²) in [5.41, 5.74) is 0.220. The van der Waals surface area contributed by atoms with Crippen LogP contribution < -0.4 is 34.3 Å². The first-order valence-corrected chi connectivity index (χ1v) is 7.10. The predicted molar refractivity (Wildman–Crippen MR) is 64.4 cm³/mol. The van der Waals surface area contributed by atoms with Crippen LogP contribution in [0, 0.1) is 0 Å². The van der Waals surface area contributed by atoms with Gasteiger partial charge in [-0.15, -0.1) is 0 Å². The van der Waals surface area contributed by atoms with E-state index >= 15 is 0 Å². The Labute approximate surface area is 165 Å². The van der Waals surface area contributed by atoms with Crippen molar-refractivity contribution in [1.82, 2.24) is 4.72 Å². The summed E-state index contributed by atoms with van der Waals surface area (Å²) in [6.07, 6.45) is 0. The van der Waals surface area contributed by atoms with Gasteiger partial charge in [-0.2, -0.15) is 0 Å². The molecule has 1 amide bonds. The van der Waals surface area contributed by atoms with Crippen LogP contribution in [0.3, 0.4) is 0 Å². The fourth-order valence-corrected chi connectivity index (χ4v) is 2.29. The zero-order valence-electron chi connectivity index (χ0n) is 12.8. The zero-order chi connectivity index (χ0) is 13.3. The van der Waals surface area contributed by atoms with Gasteiger partial charge in [0, 0.05) is 0 Å². The van der Waals surface area contributed by atoms with Gasteiger partial charge in [0.1, 0.15) is 4.90 Å². The average Bonchev–Trinajstić information content (AvgIpc) is 2.36. The Morgan fingerprint density at radius 2 is 1.58 bits per heavy atom. The number of rotatable bonds is 0. The van der Waals surface area contributed by atoms with Crippen molar-refractivity contribution in [3.63, 3.8) is 0 Å². The maximum absolute atomic E-state index is 11.1. The monoisotopic (exact) mass is 347 g/mol. The molecule has 8 nitrogen and oxygen atoms in total. The molecule has 0 saturated heterocycles. The zero-order valence-corrected chi connectivity index (χ0v) is 15.8. The van der Waals surface area contributed by atoms with Gasteiger partial charge >= 0.3 is 75.1 Å². The minimum absolute atomic E-state index is 0. The largest absolute Gasteiger partial charge is 2.00 e. The van der Waals surface area contributed by atoms with Crippen LogP contribution in [0.15, 0.2) is 29.2 Å². The van der Waals surface area contributed by atoms with Gasteiger partial charge in [0.2, 0.25) is 0 Å². The van der Waals surface area contributed by atoms with Crippen LogP contribution in [-0.2, 0) is 14.6 Å². The Hall–Kier alpha value is 1.01. The summed E-state index contributed by atoms with van der Waals surface area (Å²) in [6.45, 7) is 0. The van der Waals surface area contributed by atoms with Gasteiger partial charge in [-0.05, 0) is 12.1 Å². The third-order valence-electron chi connectivity index (χ3n) is 1.65. The minimum atomic E-state index is -4.64. The topological polar surface area (TPSA) is 141 Å². The smallest absolute Gasteiger partial charge is 1.00 e. The number of carbonyl (C=O) groups excluding carboxylic acids is 1. The molecule has 0 aliphatic carbocycles. The Kier molecular flexibility index (Phi) is 9.92. The normalized spacial score (nSPS) is 14.8. The van der Waals surface area contributed by atoms with Crippen molar-refractivity contribution >= 4 is 61.5 Å². The molecule has 2 rings (SSSR count). The molecular weight excluding hydrogens is 336 g/mol. The van der Waals surface area contributed by atoms with E-state index < -0.39 is 23.8 Å². The van der Waals surface area contributed by atoms with Crippen molar-refractivity contribution in [3.05, 3.63) is 29.8 Å². The Balaban J connectivity index is -0.0000000870. The molecule has 0 unspecified atom stereocenters. The Morgan fingerprint density at radius 1 is 1.16 bits per heavy atom. The number of carbonyl (C=O) groups is 1. The van der Waals surface area contributed by atoms with Crippen molar-refractivity contribution < 1.29 is 66.3 Å². The molecule has 4 N–H and O–H groups in total. The molecule has 19 heavy (non-hydrogen) atoms. The number of benzene rings is 1. The number of hydrogen-bond donors (Lipinski definition) is 4. The van der Waals surface area contributed by atoms with Crippen LogP contribution in [0.5, 0.6) is 0 Å². The second-order valence-corrected chi connectivity index (χ2v) is 5.62. The van der Waals surface area contributed by atoms with Crippen LogP contribution in [-0.4, -0.2) is 66.7 Å². The van der Waals surface area contributed by atoms with Gasteiger partial charge in [0.05, 0.1) is 5.56 Å². The third kappa shape index (κ3) is 7.54. The quantitative estimate of drug-likeness (QED) is 0.278. The molecule has 0 spiro atoms. The first-order valence-electron chi connectivity index (χ1n) is 4.06. The van der Waals surface area contributed by atoms with E-state index in [0.29, 0.717) is 0 Å². The van der Waals surface area contributed by atoms with Gasteiger partial charge in [-0.1, -0.05) is 12.1 Å². The fraction of sp³-hybridized carbons (Fsp3) is 0. The van der Waals surface area contributed by atoms with Crippen molar-refractivity contribution in [2.75, 3.05) is 0 Å². The Bertz CT molecular complexity index is 606. The molecule has 0 atom stereocenters. The van der Waals surface area contributed by atoms with Gasteiger partial charge in [0.25, 0.3) is 15.9 Å². The average molecular weight is 347 g/mol. The van der Waals surface area contributed by atoms with E-state index in [4.69, 9.17) is 19.2 Å². The van der Waals surface area contributed by atoms with E-state index in [1.165, 1.54) is 12.1 Å². The molecule has 12 heteroatoms. The second-order valence-electron chi connectivity index (χ2n) is 2.94. The van der Waals surface area contributed by atoms with Crippen LogP contribution in [0.25, 0.3) is 0 Å². The summed E-state index contributed by atoms with van der Waals surface area (Å²) in [7, 11) is -8.19. The number of phosphoric acid groups is 1. The van der Waals surface area contributed by atoms with Crippen molar-refractivity contribution in [2.24, 2.45) is 0 Å². The fourth-order valence-electron chi connectivity index (χ4n) is 1.12. The van der Waals surface area contributed by atoms with Crippen LogP contribution in [0.4, 0.5) is 0 Å². The summed E-state index contributed by atoms with van der Waals surface area (Å²) in [6, 6.07) is 6.09. The number of hydrogen-bond acceptors (Lipinski definition) is 4. The number of amides is 1. The molecule has 0 saturated carbocycles. The summed E-state index contributed by atoms with van der Waals surface area (Å²) in [4.78, 5) is 32.6. The van der Waals surface area contributed by atoms with Gasteiger partial charge in [0.15, 0.2) is 0 Å². The minimum Gasteiger partial charge on any atom is -1.00 e. The molecule has 0 bridgehead atoms. The van der Waals surface area contributed by atoms with Crippen LogP contribution in [0.1, 0.15) is 14.6 Å². The second kappa shape index (κ2) is 8.45. The molecule has 1 aromatic carbocycles. The van der Waals surface area contributed by atoms with Crippen LogP contribution in [0.2, 0.25) is 0 Å². The van der Waals surface area contributed by atoms with Gasteiger partial charge in [-0.25, -0.2) is 17.7 Å². The Morgan fingerprint density at radius 3 is 2.00 bits per heavy atom. The predicted octanol–water partition coefficient (Wildman–Crippen LogP) is -3.85. The number of sulfonamides is 1.